The molecule has 0 aromatic carbocycles. The molecular weight excluding hydrogens is 236 g/mol. The van der Waals surface area contributed by atoms with Crippen molar-refractivity contribution in [2.24, 2.45) is 5.92 Å². The first-order chi connectivity index (χ1) is 8.93. The summed E-state index contributed by atoms with van der Waals surface area (Å²) in [6.07, 6.45) is 7.76. The Bertz CT molecular complexity index is 227. The molecule has 1 amide bonds. The van der Waals surface area contributed by atoms with Crippen molar-refractivity contribution in [2.45, 2.75) is 58.8 Å². The molecule has 3 heteroatoms. The van der Waals surface area contributed by atoms with Gasteiger partial charge in [-0.2, -0.15) is 0 Å². The smallest absolute Gasteiger partial charge is 0.222 e. The number of hydrogen-bond donors (Lipinski definition) is 0. The second kappa shape index (κ2) is 11.3. The molecule has 0 atom stereocenters. The maximum absolute atomic E-state index is 11.9. The minimum atomic E-state index is 0.316. The fourth-order valence-corrected chi connectivity index (χ4v) is 2.11. The number of amides is 1. The van der Waals surface area contributed by atoms with Crippen molar-refractivity contribution in [2.75, 3.05) is 34.2 Å². The SMILES string of the molecule is CC(C)CCCN(C)C(=O)CCCCCCN(C)C. The summed E-state index contributed by atoms with van der Waals surface area (Å²) >= 11 is 0. The summed E-state index contributed by atoms with van der Waals surface area (Å²) < 4.78 is 0. The number of hydrogen-bond acceptors (Lipinski definition) is 2. The lowest BCUT2D eigenvalue weighted by Gasteiger charge is -2.17. The van der Waals surface area contributed by atoms with E-state index in [4.69, 9.17) is 0 Å². The maximum Gasteiger partial charge on any atom is 0.222 e. The van der Waals surface area contributed by atoms with Gasteiger partial charge in [-0.15, -0.1) is 0 Å². The highest BCUT2D eigenvalue weighted by atomic mass is 16.2. The monoisotopic (exact) mass is 270 g/mol. The third-order valence-electron chi connectivity index (χ3n) is 3.45. The van der Waals surface area contributed by atoms with Crippen LogP contribution in [0.15, 0.2) is 0 Å². The largest absolute Gasteiger partial charge is 0.346 e. The lowest BCUT2D eigenvalue weighted by atomic mass is 10.1. The second-order valence-corrected chi connectivity index (χ2v) is 6.32. The van der Waals surface area contributed by atoms with Gasteiger partial charge in [-0.25, -0.2) is 0 Å². The number of rotatable bonds is 11. The van der Waals surface area contributed by atoms with Crippen LogP contribution in [0.25, 0.3) is 0 Å². The molecule has 0 aliphatic rings. The topological polar surface area (TPSA) is 23.6 Å². The van der Waals surface area contributed by atoms with Crippen LogP contribution in [-0.2, 0) is 4.79 Å². The van der Waals surface area contributed by atoms with E-state index in [0.29, 0.717) is 5.91 Å². The molecule has 19 heavy (non-hydrogen) atoms. The molecule has 0 aromatic rings. The Kier molecular flexibility index (Phi) is 10.9. The van der Waals surface area contributed by atoms with Gasteiger partial charge in [-0.3, -0.25) is 4.79 Å². The first-order valence-electron chi connectivity index (χ1n) is 7.82. The Morgan fingerprint density at radius 1 is 0.895 bits per heavy atom. The normalized spacial score (nSPS) is 11.3. The molecule has 3 nitrogen and oxygen atoms in total. The molecule has 0 rings (SSSR count). The summed E-state index contributed by atoms with van der Waals surface area (Å²) in [7, 11) is 6.15. The molecule has 0 saturated heterocycles. The molecule has 0 spiro atoms. The van der Waals surface area contributed by atoms with Crippen molar-refractivity contribution in [1.82, 2.24) is 9.80 Å². The molecule has 0 N–H and O–H groups in total. The van der Waals surface area contributed by atoms with Crippen molar-refractivity contribution in [3.05, 3.63) is 0 Å². The molecule has 0 saturated carbocycles. The summed E-state index contributed by atoms with van der Waals surface area (Å²) in [5, 5.41) is 0. The molecule has 0 bridgehead atoms. The summed E-state index contributed by atoms with van der Waals surface area (Å²) in [4.78, 5) is 16.0. The van der Waals surface area contributed by atoms with Crippen LogP contribution in [0.2, 0.25) is 0 Å². The van der Waals surface area contributed by atoms with Crippen molar-refractivity contribution in [3.8, 4) is 0 Å². The van der Waals surface area contributed by atoms with Crippen LogP contribution in [0.3, 0.4) is 0 Å². The number of carbonyl (C=O) groups is 1. The molecule has 0 aromatic heterocycles. The minimum Gasteiger partial charge on any atom is -0.346 e. The van der Waals surface area contributed by atoms with Crippen LogP contribution in [0.4, 0.5) is 0 Å². The first kappa shape index (κ1) is 18.4. The van der Waals surface area contributed by atoms with Gasteiger partial charge < -0.3 is 9.80 Å². The first-order valence-corrected chi connectivity index (χ1v) is 7.82. The quantitative estimate of drug-likeness (QED) is 0.537. The van der Waals surface area contributed by atoms with Gasteiger partial charge in [0, 0.05) is 20.0 Å². The highest BCUT2D eigenvalue weighted by Gasteiger charge is 2.08. The zero-order valence-corrected chi connectivity index (χ0v) is 13.7. The van der Waals surface area contributed by atoms with Gasteiger partial charge in [0.1, 0.15) is 0 Å². The van der Waals surface area contributed by atoms with E-state index in [9.17, 15) is 4.79 Å². The van der Waals surface area contributed by atoms with E-state index in [2.05, 4.69) is 32.8 Å². The van der Waals surface area contributed by atoms with E-state index in [0.717, 1.165) is 38.3 Å². The van der Waals surface area contributed by atoms with Gasteiger partial charge in [-0.05, 0) is 52.2 Å². The number of nitrogens with zero attached hydrogens (tertiary/aromatic N) is 2. The Morgan fingerprint density at radius 3 is 2.11 bits per heavy atom. The Hall–Kier alpha value is -0.570. The lowest BCUT2D eigenvalue weighted by molar-refractivity contribution is -0.130. The van der Waals surface area contributed by atoms with E-state index in [-0.39, 0.29) is 0 Å². The van der Waals surface area contributed by atoms with Gasteiger partial charge in [0.25, 0.3) is 0 Å². The molecular formula is C16H34N2O. The summed E-state index contributed by atoms with van der Waals surface area (Å²) in [6, 6.07) is 0. The van der Waals surface area contributed by atoms with Gasteiger partial charge in [-0.1, -0.05) is 26.7 Å². The zero-order valence-electron chi connectivity index (χ0n) is 13.7. The van der Waals surface area contributed by atoms with Crippen molar-refractivity contribution >= 4 is 5.91 Å². The van der Waals surface area contributed by atoms with E-state index in [1.807, 2.05) is 11.9 Å². The molecule has 0 aliphatic carbocycles. The highest BCUT2D eigenvalue weighted by Crippen LogP contribution is 2.08. The zero-order chi connectivity index (χ0) is 14.7. The summed E-state index contributed by atoms with van der Waals surface area (Å²) in [5.41, 5.74) is 0. The molecule has 0 fully saturated rings. The molecule has 0 aliphatic heterocycles. The van der Waals surface area contributed by atoms with Crippen molar-refractivity contribution in [1.29, 1.82) is 0 Å². The van der Waals surface area contributed by atoms with Gasteiger partial charge in [0.2, 0.25) is 5.91 Å². The van der Waals surface area contributed by atoms with Crippen molar-refractivity contribution in [3.63, 3.8) is 0 Å². The fourth-order valence-electron chi connectivity index (χ4n) is 2.11. The van der Waals surface area contributed by atoms with Gasteiger partial charge in [0.05, 0.1) is 0 Å². The lowest BCUT2D eigenvalue weighted by Crippen LogP contribution is -2.27. The van der Waals surface area contributed by atoms with Gasteiger partial charge in [0.15, 0.2) is 0 Å². The molecule has 0 radical (unpaired) electrons. The van der Waals surface area contributed by atoms with Crippen LogP contribution < -0.4 is 0 Å². The molecule has 0 unspecified atom stereocenters. The molecule has 0 heterocycles. The Balaban J connectivity index is 3.46. The van der Waals surface area contributed by atoms with E-state index in [1.165, 1.54) is 25.7 Å². The highest BCUT2D eigenvalue weighted by molar-refractivity contribution is 5.75. The average molecular weight is 270 g/mol. The van der Waals surface area contributed by atoms with E-state index >= 15 is 0 Å². The van der Waals surface area contributed by atoms with E-state index in [1.54, 1.807) is 0 Å². The standard InChI is InChI=1S/C16H34N2O/c1-15(2)11-10-14-18(5)16(19)12-8-6-7-9-13-17(3)4/h15H,6-14H2,1-5H3. The predicted octanol–water partition coefficient (Wildman–Crippen LogP) is 3.39. The maximum atomic E-state index is 11.9. The summed E-state index contributed by atoms with van der Waals surface area (Å²) in [5.74, 6) is 1.05. The van der Waals surface area contributed by atoms with Crippen LogP contribution >= 0.6 is 0 Å². The van der Waals surface area contributed by atoms with Crippen LogP contribution in [0.5, 0.6) is 0 Å². The minimum absolute atomic E-state index is 0.316. The van der Waals surface area contributed by atoms with Crippen LogP contribution in [0.1, 0.15) is 58.8 Å². The van der Waals surface area contributed by atoms with Crippen molar-refractivity contribution < 1.29 is 4.79 Å². The molecule has 114 valence electrons. The Labute approximate surface area is 120 Å². The third-order valence-corrected chi connectivity index (χ3v) is 3.45. The average Bonchev–Trinajstić information content (AvgIpc) is 2.32. The van der Waals surface area contributed by atoms with Crippen LogP contribution in [-0.4, -0.2) is 49.9 Å². The summed E-state index contributed by atoms with van der Waals surface area (Å²) in [6.45, 7) is 6.53. The fraction of sp³-hybridized carbons (Fsp3) is 0.938. The Morgan fingerprint density at radius 2 is 1.53 bits per heavy atom. The van der Waals surface area contributed by atoms with Gasteiger partial charge >= 0.3 is 0 Å². The van der Waals surface area contributed by atoms with E-state index < -0.39 is 0 Å². The third kappa shape index (κ3) is 12.2. The van der Waals surface area contributed by atoms with Crippen LogP contribution in [0, 0.1) is 5.92 Å². The predicted molar refractivity (Wildman–Crippen MR) is 83.3 cm³/mol. The number of carbonyl (C=O) groups excluding carboxylic acids is 1. The second-order valence-electron chi connectivity index (χ2n) is 6.32. The number of unbranched alkanes of at least 4 members (excludes halogenated alkanes) is 3.